The van der Waals surface area contributed by atoms with Gasteiger partial charge in [-0.2, -0.15) is 0 Å². The van der Waals surface area contributed by atoms with Gasteiger partial charge in [-0.3, -0.25) is 0 Å². The summed E-state index contributed by atoms with van der Waals surface area (Å²) in [5.74, 6) is -1.07. The van der Waals surface area contributed by atoms with E-state index in [0.29, 0.717) is 6.42 Å². The second kappa shape index (κ2) is 3.71. The maximum atomic E-state index is 10.2. The van der Waals surface area contributed by atoms with Gasteiger partial charge in [0.1, 0.15) is 6.04 Å². The first-order valence-corrected chi connectivity index (χ1v) is 2.86. The number of rotatable bonds is 3. The minimum absolute atomic E-state index is 0.332. The van der Waals surface area contributed by atoms with E-state index in [0.717, 1.165) is 0 Å². The predicted octanol–water partition coefficient (Wildman–Crippen LogP) is -0.482. The van der Waals surface area contributed by atoms with Crippen molar-refractivity contribution in [1.29, 1.82) is 0 Å². The lowest BCUT2D eigenvalue weighted by Gasteiger charge is -2.08. The van der Waals surface area contributed by atoms with E-state index in [1.165, 1.54) is 0 Å². The number of hydrogen-bond donors (Lipinski definition) is 3. The number of primary amides is 1. The van der Waals surface area contributed by atoms with E-state index >= 15 is 0 Å². The fourth-order valence-corrected chi connectivity index (χ4v) is 0.510. The zero-order valence-corrected chi connectivity index (χ0v) is 5.63. The molecule has 0 fully saturated rings. The van der Waals surface area contributed by atoms with Gasteiger partial charge in [-0.15, -0.1) is 0 Å². The minimum Gasteiger partial charge on any atom is -0.480 e. The first kappa shape index (κ1) is 8.74. The Labute approximate surface area is 58.2 Å². The zero-order valence-electron chi connectivity index (χ0n) is 5.63. The number of carbonyl (C=O) groups is 2. The lowest BCUT2D eigenvalue weighted by Crippen LogP contribution is -2.43. The van der Waals surface area contributed by atoms with Crippen LogP contribution < -0.4 is 11.1 Å². The summed E-state index contributed by atoms with van der Waals surface area (Å²) in [6.45, 7) is 1.65. The van der Waals surface area contributed by atoms with Crippen LogP contribution in [-0.4, -0.2) is 23.1 Å². The van der Waals surface area contributed by atoms with Crippen molar-refractivity contribution < 1.29 is 14.7 Å². The highest BCUT2D eigenvalue weighted by Gasteiger charge is 2.14. The number of carbonyl (C=O) groups excluding carboxylic acids is 1. The molecule has 5 nitrogen and oxygen atoms in total. The predicted molar refractivity (Wildman–Crippen MR) is 34.4 cm³/mol. The van der Waals surface area contributed by atoms with E-state index < -0.39 is 18.0 Å². The molecule has 0 rings (SSSR count). The van der Waals surface area contributed by atoms with Crippen LogP contribution in [0.4, 0.5) is 4.79 Å². The average molecular weight is 146 g/mol. The Balaban J connectivity index is 3.83. The second-order valence-electron chi connectivity index (χ2n) is 1.81. The van der Waals surface area contributed by atoms with Gasteiger partial charge in [0.05, 0.1) is 0 Å². The molecule has 1 atom stereocenters. The number of hydrogen-bond acceptors (Lipinski definition) is 2. The molecule has 5 heteroatoms. The molecule has 10 heavy (non-hydrogen) atoms. The lowest BCUT2D eigenvalue weighted by atomic mass is 10.2. The van der Waals surface area contributed by atoms with E-state index in [2.05, 4.69) is 5.32 Å². The summed E-state index contributed by atoms with van der Waals surface area (Å²) in [7, 11) is 0. The van der Waals surface area contributed by atoms with Crippen LogP contribution in [0.25, 0.3) is 0 Å². The molecular weight excluding hydrogens is 136 g/mol. The molecular formula is C5H10N2O3. The highest BCUT2D eigenvalue weighted by molar-refractivity contribution is 5.81. The van der Waals surface area contributed by atoms with Gasteiger partial charge in [0.15, 0.2) is 0 Å². The van der Waals surface area contributed by atoms with Gasteiger partial charge in [0.2, 0.25) is 0 Å². The molecule has 0 bridgehead atoms. The van der Waals surface area contributed by atoms with Crippen LogP contribution in [-0.2, 0) is 4.79 Å². The maximum absolute atomic E-state index is 10.2. The Kier molecular flexibility index (Phi) is 3.24. The van der Waals surface area contributed by atoms with Crippen LogP contribution in [0, 0.1) is 0 Å². The van der Waals surface area contributed by atoms with Crippen molar-refractivity contribution in [2.24, 2.45) is 5.73 Å². The van der Waals surface area contributed by atoms with Crippen LogP contribution in [0.15, 0.2) is 0 Å². The number of urea groups is 1. The molecule has 1 unspecified atom stereocenters. The van der Waals surface area contributed by atoms with Crippen molar-refractivity contribution in [2.45, 2.75) is 19.4 Å². The smallest absolute Gasteiger partial charge is 0.326 e. The Morgan fingerprint density at radius 2 is 2.20 bits per heavy atom. The van der Waals surface area contributed by atoms with E-state index in [1.54, 1.807) is 6.92 Å². The van der Waals surface area contributed by atoms with Crippen molar-refractivity contribution >= 4 is 12.0 Å². The standard InChI is InChI=1S/C5H10N2O3/c1-2-3(4(8)9)7-5(6)10/h3H,2H2,1H3,(H,8,9)(H3,6,7,10). The van der Waals surface area contributed by atoms with Gasteiger partial charge in [0.25, 0.3) is 0 Å². The van der Waals surface area contributed by atoms with Crippen LogP contribution in [0.2, 0.25) is 0 Å². The zero-order chi connectivity index (χ0) is 8.15. The third kappa shape index (κ3) is 2.91. The van der Waals surface area contributed by atoms with E-state index in [-0.39, 0.29) is 0 Å². The average Bonchev–Trinajstić information content (AvgIpc) is 1.81. The van der Waals surface area contributed by atoms with Crippen molar-refractivity contribution in [3.05, 3.63) is 0 Å². The number of amides is 2. The molecule has 0 saturated carbocycles. The molecule has 0 radical (unpaired) electrons. The van der Waals surface area contributed by atoms with Crippen molar-refractivity contribution in [2.75, 3.05) is 0 Å². The monoisotopic (exact) mass is 146 g/mol. The highest BCUT2D eigenvalue weighted by Crippen LogP contribution is 1.88. The molecule has 0 saturated heterocycles. The van der Waals surface area contributed by atoms with Gasteiger partial charge < -0.3 is 16.2 Å². The van der Waals surface area contributed by atoms with E-state index in [4.69, 9.17) is 10.8 Å². The fraction of sp³-hybridized carbons (Fsp3) is 0.600. The Morgan fingerprint density at radius 1 is 1.70 bits per heavy atom. The second-order valence-corrected chi connectivity index (χ2v) is 1.81. The maximum Gasteiger partial charge on any atom is 0.326 e. The summed E-state index contributed by atoms with van der Waals surface area (Å²) in [6.07, 6.45) is 0.332. The molecule has 0 aromatic carbocycles. The Bertz CT molecular complexity index is 146. The first-order valence-electron chi connectivity index (χ1n) is 2.86. The van der Waals surface area contributed by atoms with Gasteiger partial charge >= 0.3 is 12.0 Å². The van der Waals surface area contributed by atoms with Crippen molar-refractivity contribution in [1.82, 2.24) is 5.32 Å². The van der Waals surface area contributed by atoms with Crippen molar-refractivity contribution in [3.8, 4) is 0 Å². The highest BCUT2D eigenvalue weighted by atomic mass is 16.4. The molecule has 58 valence electrons. The van der Waals surface area contributed by atoms with Gasteiger partial charge in [-0.05, 0) is 6.42 Å². The molecule has 0 aliphatic carbocycles. The number of aliphatic carboxylic acids is 1. The molecule has 0 spiro atoms. The quantitative estimate of drug-likeness (QED) is 0.502. The van der Waals surface area contributed by atoms with Crippen molar-refractivity contribution in [3.63, 3.8) is 0 Å². The number of carboxylic acid groups (broad SMARTS) is 1. The van der Waals surface area contributed by atoms with Crippen LogP contribution in [0.3, 0.4) is 0 Å². The Morgan fingerprint density at radius 3 is 2.30 bits per heavy atom. The van der Waals surface area contributed by atoms with Gasteiger partial charge in [-0.25, -0.2) is 9.59 Å². The fourth-order valence-electron chi connectivity index (χ4n) is 0.510. The third-order valence-electron chi connectivity index (χ3n) is 1.02. The lowest BCUT2D eigenvalue weighted by molar-refractivity contribution is -0.139. The number of nitrogens with two attached hydrogens (primary N) is 1. The van der Waals surface area contributed by atoms with Crippen LogP contribution >= 0.6 is 0 Å². The normalized spacial score (nSPS) is 12.1. The first-order chi connectivity index (χ1) is 4.57. The Hall–Kier alpha value is -1.26. The molecule has 0 aliphatic heterocycles. The topological polar surface area (TPSA) is 92.4 Å². The molecule has 0 aliphatic rings. The summed E-state index contributed by atoms with van der Waals surface area (Å²) in [6, 6.07) is -1.67. The van der Waals surface area contributed by atoms with E-state index in [1.807, 2.05) is 0 Å². The third-order valence-corrected chi connectivity index (χ3v) is 1.02. The van der Waals surface area contributed by atoms with Crippen LogP contribution in [0.5, 0.6) is 0 Å². The summed E-state index contributed by atoms with van der Waals surface area (Å²) < 4.78 is 0. The van der Waals surface area contributed by atoms with Gasteiger partial charge in [0, 0.05) is 0 Å². The SMILES string of the molecule is CCC(NC(N)=O)C(=O)O. The largest absolute Gasteiger partial charge is 0.480 e. The summed E-state index contributed by atoms with van der Waals surface area (Å²) in [5.41, 5.74) is 4.69. The summed E-state index contributed by atoms with van der Waals surface area (Å²) in [5, 5.41) is 10.4. The van der Waals surface area contributed by atoms with Gasteiger partial charge in [-0.1, -0.05) is 6.92 Å². The molecule has 4 N–H and O–H groups in total. The summed E-state index contributed by atoms with van der Waals surface area (Å²) >= 11 is 0. The minimum atomic E-state index is -1.07. The van der Waals surface area contributed by atoms with Crippen LogP contribution in [0.1, 0.15) is 13.3 Å². The van der Waals surface area contributed by atoms with E-state index in [9.17, 15) is 9.59 Å². The number of carboxylic acids is 1. The molecule has 2 amide bonds. The number of nitrogens with one attached hydrogen (secondary N) is 1. The summed E-state index contributed by atoms with van der Waals surface area (Å²) in [4.78, 5) is 20.3. The molecule has 0 aromatic rings. The molecule has 0 aromatic heterocycles. The molecule has 0 heterocycles.